The van der Waals surface area contributed by atoms with Crippen LogP contribution in [-0.2, 0) is 6.54 Å². The standard InChI is InChI=1S/C16H23N3/c1-4-19(11-12(2)3)16-13(9-17)10-18-15-8-6-5-7-14(15)16/h5-8,10,12H,4,9,11,17H2,1-3H3. The minimum Gasteiger partial charge on any atom is -0.371 e. The molecule has 0 amide bonds. The lowest BCUT2D eigenvalue weighted by Gasteiger charge is -2.28. The Hall–Kier alpha value is -1.61. The van der Waals surface area contributed by atoms with Gasteiger partial charge in [-0.15, -0.1) is 0 Å². The Labute approximate surface area is 115 Å². The van der Waals surface area contributed by atoms with Gasteiger partial charge in [0.1, 0.15) is 0 Å². The van der Waals surface area contributed by atoms with Crippen molar-refractivity contribution in [2.24, 2.45) is 11.7 Å². The summed E-state index contributed by atoms with van der Waals surface area (Å²) in [4.78, 5) is 6.92. The van der Waals surface area contributed by atoms with Gasteiger partial charge in [-0.05, 0) is 18.9 Å². The molecule has 0 fully saturated rings. The normalized spacial score (nSPS) is 11.2. The van der Waals surface area contributed by atoms with Crippen LogP contribution in [0.25, 0.3) is 10.9 Å². The van der Waals surface area contributed by atoms with Gasteiger partial charge in [0.05, 0.1) is 11.2 Å². The number of nitrogens with zero attached hydrogens (tertiary/aromatic N) is 2. The topological polar surface area (TPSA) is 42.1 Å². The molecule has 0 unspecified atom stereocenters. The molecule has 2 N–H and O–H groups in total. The van der Waals surface area contributed by atoms with Crippen molar-refractivity contribution < 1.29 is 0 Å². The molecule has 0 saturated heterocycles. The van der Waals surface area contributed by atoms with Crippen molar-refractivity contribution in [2.75, 3.05) is 18.0 Å². The first kappa shape index (κ1) is 13.8. The molecule has 0 radical (unpaired) electrons. The molecular formula is C16H23N3. The van der Waals surface area contributed by atoms with E-state index in [-0.39, 0.29) is 0 Å². The quantitative estimate of drug-likeness (QED) is 0.894. The van der Waals surface area contributed by atoms with Gasteiger partial charge in [-0.3, -0.25) is 4.98 Å². The maximum absolute atomic E-state index is 5.90. The summed E-state index contributed by atoms with van der Waals surface area (Å²) in [5.41, 5.74) is 9.32. The van der Waals surface area contributed by atoms with E-state index < -0.39 is 0 Å². The van der Waals surface area contributed by atoms with E-state index in [2.05, 4.69) is 48.9 Å². The number of anilines is 1. The predicted molar refractivity (Wildman–Crippen MR) is 82.4 cm³/mol. The Morgan fingerprint density at radius 3 is 2.63 bits per heavy atom. The number of pyridine rings is 1. The first-order chi connectivity index (χ1) is 9.17. The fraction of sp³-hybridized carbons (Fsp3) is 0.438. The molecule has 19 heavy (non-hydrogen) atoms. The van der Waals surface area contributed by atoms with E-state index in [4.69, 9.17) is 5.73 Å². The summed E-state index contributed by atoms with van der Waals surface area (Å²) in [6.45, 7) is 9.23. The van der Waals surface area contributed by atoms with Crippen LogP contribution in [0.15, 0.2) is 30.5 Å². The zero-order valence-electron chi connectivity index (χ0n) is 12.1. The zero-order valence-corrected chi connectivity index (χ0v) is 12.1. The summed E-state index contributed by atoms with van der Waals surface area (Å²) in [7, 11) is 0. The molecule has 1 aromatic carbocycles. The maximum atomic E-state index is 5.90. The number of fused-ring (bicyclic) bond motifs is 1. The largest absolute Gasteiger partial charge is 0.371 e. The molecule has 3 heteroatoms. The number of nitrogens with two attached hydrogens (primary N) is 1. The molecule has 0 bridgehead atoms. The Morgan fingerprint density at radius 1 is 1.26 bits per heavy atom. The lowest BCUT2D eigenvalue weighted by atomic mass is 10.1. The van der Waals surface area contributed by atoms with Gasteiger partial charge >= 0.3 is 0 Å². The van der Waals surface area contributed by atoms with Gasteiger partial charge in [-0.25, -0.2) is 0 Å². The van der Waals surface area contributed by atoms with Gasteiger partial charge in [0.15, 0.2) is 0 Å². The fourth-order valence-electron chi connectivity index (χ4n) is 2.51. The molecule has 3 nitrogen and oxygen atoms in total. The lowest BCUT2D eigenvalue weighted by molar-refractivity contribution is 0.618. The van der Waals surface area contributed by atoms with Crippen LogP contribution in [0.3, 0.4) is 0 Å². The summed E-state index contributed by atoms with van der Waals surface area (Å²) in [5, 5.41) is 1.20. The number of aromatic nitrogens is 1. The van der Waals surface area contributed by atoms with Gasteiger partial charge in [0, 0.05) is 36.8 Å². The van der Waals surface area contributed by atoms with Crippen molar-refractivity contribution in [3.8, 4) is 0 Å². The molecule has 0 atom stereocenters. The van der Waals surface area contributed by atoms with E-state index >= 15 is 0 Å². The van der Waals surface area contributed by atoms with Crippen LogP contribution in [0.1, 0.15) is 26.3 Å². The van der Waals surface area contributed by atoms with E-state index in [9.17, 15) is 0 Å². The van der Waals surface area contributed by atoms with Gasteiger partial charge in [0.2, 0.25) is 0 Å². The monoisotopic (exact) mass is 257 g/mol. The second-order valence-corrected chi connectivity index (χ2v) is 5.29. The highest BCUT2D eigenvalue weighted by atomic mass is 15.1. The van der Waals surface area contributed by atoms with Crippen molar-refractivity contribution in [1.82, 2.24) is 4.98 Å². The molecular weight excluding hydrogens is 234 g/mol. The van der Waals surface area contributed by atoms with E-state index in [0.29, 0.717) is 12.5 Å². The highest BCUT2D eigenvalue weighted by Gasteiger charge is 2.14. The first-order valence-corrected chi connectivity index (χ1v) is 6.99. The minimum absolute atomic E-state index is 0.530. The minimum atomic E-state index is 0.530. The summed E-state index contributed by atoms with van der Waals surface area (Å²) in [5.74, 6) is 0.623. The first-order valence-electron chi connectivity index (χ1n) is 6.99. The third-order valence-corrected chi connectivity index (χ3v) is 3.33. The number of hydrogen-bond donors (Lipinski definition) is 1. The molecule has 0 aliphatic rings. The highest BCUT2D eigenvalue weighted by Crippen LogP contribution is 2.29. The molecule has 0 aliphatic carbocycles. The van der Waals surface area contributed by atoms with Crippen LogP contribution in [0.2, 0.25) is 0 Å². The average molecular weight is 257 g/mol. The van der Waals surface area contributed by atoms with Crippen LogP contribution in [0, 0.1) is 5.92 Å². The predicted octanol–water partition coefficient (Wildman–Crippen LogP) is 3.18. The maximum Gasteiger partial charge on any atom is 0.0723 e. The van der Waals surface area contributed by atoms with Crippen LogP contribution in [0.4, 0.5) is 5.69 Å². The zero-order chi connectivity index (χ0) is 13.8. The van der Waals surface area contributed by atoms with Crippen LogP contribution in [-0.4, -0.2) is 18.1 Å². The smallest absolute Gasteiger partial charge is 0.0723 e. The molecule has 0 aliphatic heterocycles. The Kier molecular flexibility index (Phi) is 4.38. The number of rotatable bonds is 5. The van der Waals surface area contributed by atoms with Crippen LogP contribution >= 0.6 is 0 Å². The van der Waals surface area contributed by atoms with Gasteiger partial charge < -0.3 is 10.6 Å². The average Bonchev–Trinajstić information content (AvgIpc) is 2.43. The van der Waals surface area contributed by atoms with Gasteiger partial charge in [-0.2, -0.15) is 0 Å². The van der Waals surface area contributed by atoms with Crippen molar-refractivity contribution in [3.63, 3.8) is 0 Å². The van der Waals surface area contributed by atoms with Gasteiger partial charge in [0.25, 0.3) is 0 Å². The van der Waals surface area contributed by atoms with E-state index in [1.807, 2.05) is 12.3 Å². The molecule has 1 heterocycles. The molecule has 1 aromatic heterocycles. The molecule has 0 spiro atoms. The second kappa shape index (κ2) is 6.02. The van der Waals surface area contributed by atoms with Crippen LogP contribution in [0.5, 0.6) is 0 Å². The highest BCUT2D eigenvalue weighted by molar-refractivity contribution is 5.93. The van der Waals surface area contributed by atoms with Crippen molar-refractivity contribution in [1.29, 1.82) is 0 Å². The number of para-hydroxylation sites is 1. The Balaban J connectivity index is 2.60. The van der Waals surface area contributed by atoms with E-state index in [1.54, 1.807) is 0 Å². The second-order valence-electron chi connectivity index (χ2n) is 5.29. The van der Waals surface area contributed by atoms with E-state index in [0.717, 1.165) is 24.2 Å². The molecule has 102 valence electrons. The number of benzene rings is 1. The van der Waals surface area contributed by atoms with Crippen molar-refractivity contribution in [2.45, 2.75) is 27.3 Å². The summed E-state index contributed by atoms with van der Waals surface area (Å²) >= 11 is 0. The van der Waals surface area contributed by atoms with Crippen molar-refractivity contribution in [3.05, 3.63) is 36.0 Å². The SMILES string of the molecule is CCN(CC(C)C)c1c(CN)cnc2ccccc12. The lowest BCUT2D eigenvalue weighted by Crippen LogP contribution is -2.29. The molecule has 2 aromatic rings. The number of hydrogen-bond acceptors (Lipinski definition) is 3. The molecule has 2 rings (SSSR count). The third-order valence-electron chi connectivity index (χ3n) is 3.33. The summed E-state index contributed by atoms with van der Waals surface area (Å²) in [6, 6.07) is 8.29. The van der Waals surface area contributed by atoms with Crippen molar-refractivity contribution >= 4 is 16.6 Å². The summed E-state index contributed by atoms with van der Waals surface area (Å²) in [6.07, 6.45) is 1.92. The van der Waals surface area contributed by atoms with Crippen LogP contribution < -0.4 is 10.6 Å². The van der Waals surface area contributed by atoms with E-state index in [1.165, 1.54) is 11.1 Å². The van der Waals surface area contributed by atoms with Gasteiger partial charge in [-0.1, -0.05) is 32.0 Å². The fourth-order valence-corrected chi connectivity index (χ4v) is 2.51. The third kappa shape index (κ3) is 2.87. The Morgan fingerprint density at radius 2 is 2.00 bits per heavy atom. The summed E-state index contributed by atoms with van der Waals surface area (Å²) < 4.78 is 0. The molecule has 0 saturated carbocycles. The Bertz CT molecular complexity index is 549.